The minimum atomic E-state index is -0.155. The van der Waals surface area contributed by atoms with Crippen molar-refractivity contribution in [2.24, 2.45) is 0 Å². The Morgan fingerprint density at radius 3 is 2.19 bits per heavy atom. The number of hydrogen-bond acceptors (Lipinski definition) is 3. The number of rotatable bonds is 3. The molecule has 0 aliphatic carbocycles. The number of aromatic nitrogens is 2. The van der Waals surface area contributed by atoms with Gasteiger partial charge in [0.2, 0.25) is 0 Å². The molecular weight excluding hydrogens is 262 g/mol. The molecule has 2 rings (SSSR count). The number of anilines is 1. The summed E-state index contributed by atoms with van der Waals surface area (Å²) in [4.78, 5) is 21.1. The van der Waals surface area contributed by atoms with E-state index in [1.807, 2.05) is 45.0 Å². The first-order valence-corrected chi connectivity index (χ1v) is 7.12. The Kier molecular flexibility index (Phi) is 4.36. The van der Waals surface area contributed by atoms with Crippen LogP contribution in [0.1, 0.15) is 52.9 Å². The fourth-order valence-electron chi connectivity index (χ4n) is 2.51. The summed E-state index contributed by atoms with van der Waals surface area (Å²) < 4.78 is 0. The molecule has 4 nitrogen and oxygen atoms in total. The van der Waals surface area contributed by atoms with Gasteiger partial charge >= 0.3 is 0 Å². The zero-order valence-corrected chi connectivity index (χ0v) is 13.2. The summed E-state index contributed by atoms with van der Waals surface area (Å²) in [5.74, 6) is 0.875. The molecule has 0 aliphatic rings. The number of aryl methyl sites for hydroxylation is 3. The molecule has 4 heteroatoms. The molecule has 1 aromatic carbocycles. The lowest BCUT2D eigenvalue weighted by atomic mass is 10.0. The SMILES string of the molecule is Cc1nc(C)c(C(=O)Nc2ccccc2C(C)C)c(C)n1. The van der Waals surface area contributed by atoms with Crippen LogP contribution in [-0.2, 0) is 0 Å². The maximum absolute atomic E-state index is 12.6. The summed E-state index contributed by atoms with van der Waals surface area (Å²) >= 11 is 0. The van der Waals surface area contributed by atoms with E-state index in [0.29, 0.717) is 28.7 Å². The second-order valence-electron chi connectivity index (χ2n) is 5.51. The van der Waals surface area contributed by atoms with Gasteiger partial charge in [0.1, 0.15) is 5.82 Å². The van der Waals surface area contributed by atoms with Gasteiger partial charge in [0.15, 0.2) is 0 Å². The normalized spacial score (nSPS) is 10.8. The van der Waals surface area contributed by atoms with E-state index in [0.717, 1.165) is 11.3 Å². The molecular formula is C17H21N3O. The van der Waals surface area contributed by atoms with Crippen LogP contribution in [0.25, 0.3) is 0 Å². The van der Waals surface area contributed by atoms with Gasteiger partial charge in [-0.25, -0.2) is 9.97 Å². The van der Waals surface area contributed by atoms with E-state index in [1.165, 1.54) is 0 Å². The Morgan fingerprint density at radius 1 is 1.05 bits per heavy atom. The maximum Gasteiger partial charge on any atom is 0.259 e. The van der Waals surface area contributed by atoms with Gasteiger partial charge in [0.25, 0.3) is 5.91 Å². The monoisotopic (exact) mass is 283 g/mol. The van der Waals surface area contributed by atoms with Crippen LogP contribution in [0.3, 0.4) is 0 Å². The van der Waals surface area contributed by atoms with Gasteiger partial charge in [-0.2, -0.15) is 0 Å². The van der Waals surface area contributed by atoms with Crippen LogP contribution in [0.15, 0.2) is 24.3 Å². The highest BCUT2D eigenvalue weighted by atomic mass is 16.1. The number of amides is 1. The Balaban J connectivity index is 2.36. The molecule has 0 fully saturated rings. The van der Waals surface area contributed by atoms with E-state index in [1.54, 1.807) is 0 Å². The summed E-state index contributed by atoms with van der Waals surface area (Å²) in [6, 6.07) is 7.86. The maximum atomic E-state index is 12.6. The molecule has 0 atom stereocenters. The fourth-order valence-corrected chi connectivity index (χ4v) is 2.51. The Morgan fingerprint density at radius 2 is 1.62 bits per heavy atom. The zero-order chi connectivity index (χ0) is 15.6. The molecule has 0 aliphatic heterocycles. The Bertz CT molecular complexity index is 654. The van der Waals surface area contributed by atoms with Gasteiger partial charge in [-0.15, -0.1) is 0 Å². The van der Waals surface area contributed by atoms with Gasteiger partial charge in [-0.05, 0) is 38.3 Å². The summed E-state index contributed by atoms with van der Waals surface area (Å²) in [7, 11) is 0. The molecule has 2 aromatic rings. The Labute approximate surface area is 125 Å². The van der Waals surface area contributed by atoms with Gasteiger partial charge in [0.05, 0.1) is 17.0 Å². The van der Waals surface area contributed by atoms with Crippen LogP contribution in [0, 0.1) is 20.8 Å². The Hall–Kier alpha value is -2.23. The second kappa shape index (κ2) is 6.04. The predicted molar refractivity (Wildman–Crippen MR) is 84.7 cm³/mol. The minimum absolute atomic E-state index is 0.155. The van der Waals surface area contributed by atoms with E-state index in [-0.39, 0.29) is 5.91 Å². The first-order chi connectivity index (χ1) is 9.90. The van der Waals surface area contributed by atoms with Gasteiger partial charge in [-0.1, -0.05) is 32.0 Å². The van der Waals surface area contributed by atoms with Crippen LogP contribution in [0.5, 0.6) is 0 Å². The van der Waals surface area contributed by atoms with Gasteiger partial charge < -0.3 is 5.32 Å². The van der Waals surface area contributed by atoms with Crippen molar-refractivity contribution in [2.45, 2.75) is 40.5 Å². The quantitative estimate of drug-likeness (QED) is 0.932. The lowest BCUT2D eigenvalue weighted by Gasteiger charge is -2.15. The van der Waals surface area contributed by atoms with Crippen molar-refractivity contribution in [2.75, 3.05) is 5.32 Å². The molecule has 1 N–H and O–H groups in total. The van der Waals surface area contributed by atoms with Crippen molar-refractivity contribution < 1.29 is 4.79 Å². The lowest BCUT2D eigenvalue weighted by molar-refractivity contribution is 0.102. The minimum Gasteiger partial charge on any atom is -0.322 e. The van der Waals surface area contributed by atoms with Crippen LogP contribution in [0.2, 0.25) is 0 Å². The van der Waals surface area contributed by atoms with E-state index in [4.69, 9.17) is 0 Å². The van der Waals surface area contributed by atoms with Crippen LogP contribution in [0.4, 0.5) is 5.69 Å². The largest absolute Gasteiger partial charge is 0.322 e. The molecule has 0 radical (unpaired) electrons. The smallest absolute Gasteiger partial charge is 0.259 e. The van der Waals surface area contributed by atoms with E-state index in [9.17, 15) is 4.79 Å². The van der Waals surface area contributed by atoms with Gasteiger partial charge in [-0.3, -0.25) is 4.79 Å². The van der Waals surface area contributed by atoms with Gasteiger partial charge in [0, 0.05) is 5.69 Å². The third-order valence-electron chi connectivity index (χ3n) is 3.44. The molecule has 0 saturated carbocycles. The van der Waals surface area contributed by atoms with E-state index < -0.39 is 0 Å². The standard InChI is InChI=1S/C17H21N3O/c1-10(2)14-8-6-7-9-15(14)20-17(21)16-11(3)18-13(5)19-12(16)4/h6-10H,1-5H3,(H,20,21). The summed E-state index contributed by atoms with van der Waals surface area (Å²) in [5, 5.41) is 2.99. The molecule has 1 amide bonds. The number of benzene rings is 1. The number of carbonyl (C=O) groups is 1. The number of hydrogen-bond donors (Lipinski definition) is 1. The van der Waals surface area contributed by atoms with E-state index >= 15 is 0 Å². The molecule has 0 saturated heterocycles. The van der Waals surface area contributed by atoms with Crippen molar-refractivity contribution >= 4 is 11.6 Å². The van der Waals surface area contributed by atoms with Crippen molar-refractivity contribution in [3.63, 3.8) is 0 Å². The average molecular weight is 283 g/mol. The number of nitrogens with zero attached hydrogens (tertiary/aromatic N) is 2. The van der Waals surface area contributed by atoms with Crippen LogP contribution in [-0.4, -0.2) is 15.9 Å². The fraction of sp³-hybridized carbons (Fsp3) is 0.353. The zero-order valence-electron chi connectivity index (χ0n) is 13.2. The van der Waals surface area contributed by atoms with Crippen LogP contribution < -0.4 is 5.32 Å². The highest BCUT2D eigenvalue weighted by Crippen LogP contribution is 2.24. The summed E-state index contributed by atoms with van der Waals surface area (Å²) in [6.07, 6.45) is 0. The van der Waals surface area contributed by atoms with Crippen molar-refractivity contribution in [3.8, 4) is 0 Å². The van der Waals surface area contributed by atoms with Crippen LogP contribution >= 0.6 is 0 Å². The highest BCUT2D eigenvalue weighted by Gasteiger charge is 2.17. The lowest BCUT2D eigenvalue weighted by Crippen LogP contribution is -2.18. The van der Waals surface area contributed by atoms with Crippen molar-refractivity contribution in [1.29, 1.82) is 0 Å². The van der Waals surface area contributed by atoms with Crippen molar-refractivity contribution in [3.05, 3.63) is 52.6 Å². The third kappa shape index (κ3) is 3.27. The molecule has 0 unspecified atom stereocenters. The molecule has 110 valence electrons. The summed E-state index contributed by atoms with van der Waals surface area (Å²) in [5.41, 5.74) is 3.93. The first kappa shape index (κ1) is 15.2. The highest BCUT2D eigenvalue weighted by molar-refractivity contribution is 6.06. The first-order valence-electron chi connectivity index (χ1n) is 7.12. The molecule has 1 aromatic heterocycles. The number of nitrogens with one attached hydrogen (secondary N) is 1. The average Bonchev–Trinajstić information content (AvgIpc) is 2.37. The van der Waals surface area contributed by atoms with Crippen molar-refractivity contribution in [1.82, 2.24) is 9.97 Å². The summed E-state index contributed by atoms with van der Waals surface area (Å²) in [6.45, 7) is 9.72. The molecule has 0 bridgehead atoms. The predicted octanol–water partition coefficient (Wildman–Crippen LogP) is 3.78. The number of para-hydroxylation sites is 1. The van der Waals surface area contributed by atoms with E-state index in [2.05, 4.69) is 29.1 Å². The third-order valence-corrected chi connectivity index (χ3v) is 3.44. The molecule has 21 heavy (non-hydrogen) atoms. The number of carbonyl (C=O) groups excluding carboxylic acids is 1. The molecule has 1 heterocycles. The second-order valence-corrected chi connectivity index (χ2v) is 5.51. The topological polar surface area (TPSA) is 54.9 Å². The molecule has 0 spiro atoms.